The molecule has 2 fully saturated rings. The van der Waals surface area contributed by atoms with Gasteiger partial charge in [0.1, 0.15) is 0 Å². The van der Waals surface area contributed by atoms with Crippen LogP contribution in [0.4, 0.5) is 0 Å². The predicted molar refractivity (Wildman–Crippen MR) is 145 cm³/mol. The Labute approximate surface area is 216 Å². The first-order valence-electron chi connectivity index (χ1n) is 13.6. The summed E-state index contributed by atoms with van der Waals surface area (Å²) in [5, 5.41) is 21.5. The summed E-state index contributed by atoms with van der Waals surface area (Å²) in [5.74, 6) is 0.702. The quantitative estimate of drug-likeness (QED) is 0.438. The Bertz CT molecular complexity index is 954. The molecule has 4 nitrogen and oxygen atoms in total. The van der Waals surface area contributed by atoms with Crippen molar-refractivity contribution in [1.29, 1.82) is 0 Å². The minimum atomic E-state index is -0.348. The second-order valence-corrected chi connectivity index (χ2v) is 10.8. The lowest BCUT2D eigenvalue weighted by Gasteiger charge is -2.35. The van der Waals surface area contributed by atoms with Crippen molar-refractivity contribution >= 4 is 0 Å². The lowest BCUT2D eigenvalue weighted by Crippen LogP contribution is -2.35. The molecule has 2 saturated heterocycles. The minimum absolute atomic E-state index is 0.348. The summed E-state index contributed by atoms with van der Waals surface area (Å²) in [5.41, 5.74) is 4.82. The van der Waals surface area contributed by atoms with Crippen molar-refractivity contribution < 1.29 is 10.2 Å². The number of rotatable bonds is 8. The molecule has 0 aromatic heterocycles. The fraction of sp³-hybridized carbons (Fsp3) is 0.438. The first kappa shape index (κ1) is 25.2. The maximum absolute atomic E-state index is 10.7. The number of hydrogen-bond donors (Lipinski definition) is 2. The van der Waals surface area contributed by atoms with E-state index in [1.807, 2.05) is 60.7 Å². The third kappa shape index (κ3) is 6.43. The summed E-state index contributed by atoms with van der Waals surface area (Å²) in [6, 6.07) is 29.3. The highest BCUT2D eigenvalue weighted by Crippen LogP contribution is 2.32. The number of aliphatic hydroxyl groups is 2. The molecule has 190 valence electrons. The van der Waals surface area contributed by atoms with E-state index in [1.54, 1.807) is 0 Å². The Morgan fingerprint density at radius 2 is 0.861 bits per heavy atom. The van der Waals surface area contributed by atoms with Crippen LogP contribution in [0.15, 0.2) is 84.9 Å². The second kappa shape index (κ2) is 12.2. The summed E-state index contributed by atoms with van der Waals surface area (Å²) < 4.78 is 0. The van der Waals surface area contributed by atoms with Gasteiger partial charge in [-0.25, -0.2) is 0 Å². The maximum Gasteiger partial charge on any atom is 0.0819 e. The molecule has 0 amide bonds. The van der Waals surface area contributed by atoms with Crippen molar-refractivity contribution in [1.82, 2.24) is 9.80 Å². The molecule has 2 atom stereocenters. The zero-order valence-corrected chi connectivity index (χ0v) is 21.3. The van der Waals surface area contributed by atoms with Crippen LogP contribution in [0.3, 0.4) is 0 Å². The molecule has 3 aromatic carbocycles. The highest BCUT2D eigenvalue weighted by atomic mass is 16.3. The van der Waals surface area contributed by atoms with Crippen LogP contribution in [0.25, 0.3) is 0 Å². The first-order valence-corrected chi connectivity index (χ1v) is 13.6. The van der Waals surface area contributed by atoms with Crippen LogP contribution in [0.2, 0.25) is 0 Å². The summed E-state index contributed by atoms with van der Waals surface area (Å²) in [7, 11) is 0. The summed E-state index contributed by atoms with van der Waals surface area (Å²) >= 11 is 0. The Morgan fingerprint density at radius 1 is 0.528 bits per heavy atom. The average molecular weight is 485 g/mol. The smallest absolute Gasteiger partial charge is 0.0819 e. The van der Waals surface area contributed by atoms with Gasteiger partial charge in [0.15, 0.2) is 0 Å². The Hall–Kier alpha value is -2.50. The van der Waals surface area contributed by atoms with Gasteiger partial charge in [0.25, 0.3) is 0 Å². The summed E-state index contributed by atoms with van der Waals surface area (Å²) in [6.45, 7) is 6.13. The second-order valence-electron chi connectivity index (χ2n) is 10.8. The lowest BCUT2D eigenvalue weighted by atomic mass is 9.87. The number of aliphatic hydroxyl groups excluding tert-OH is 2. The third-order valence-corrected chi connectivity index (χ3v) is 8.28. The fourth-order valence-electron chi connectivity index (χ4n) is 5.96. The van der Waals surface area contributed by atoms with Gasteiger partial charge in [-0.15, -0.1) is 0 Å². The predicted octanol–water partition coefficient (Wildman–Crippen LogP) is 5.58. The van der Waals surface area contributed by atoms with Gasteiger partial charge >= 0.3 is 0 Å². The molecule has 2 aliphatic rings. The van der Waals surface area contributed by atoms with Crippen molar-refractivity contribution in [2.24, 2.45) is 11.8 Å². The molecule has 0 saturated carbocycles. The van der Waals surface area contributed by atoms with Crippen LogP contribution in [-0.4, -0.2) is 46.2 Å². The van der Waals surface area contributed by atoms with Crippen molar-refractivity contribution in [3.63, 3.8) is 0 Å². The zero-order valence-electron chi connectivity index (χ0n) is 21.3. The van der Waals surface area contributed by atoms with Gasteiger partial charge < -0.3 is 10.2 Å². The molecule has 0 radical (unpaired) electrons. The minimum Gasteiger partial charge on any atom is -0.388 e. The number of likely N-dealkylation sites (tertiary alicyclic amines) is 2. The molecule has 5 rings (SSSR count). The molecule has 2 aliphatic heterocycles. The molecule has 2 unspecified atom stereocenters. The van der Waals surface area contributed by atoms with E-state index in [-0.39, 0.29) is 12.2 Å². The molecular formula is C32H40N2O2. The largest absolute Gasteiger partial charge is 0.388 e. The first-order chi connectivity index (χ1) is 17.7. The topological polar surface area (TPSA) is 46.9 Å². The summed E-state index contributed by atoms with van der Waals surface area (Å²) in [6.07, 6.45) is 3.48. The number of benzene rings is 3. The number of hydrogen-bond acceptors (Lipinski definition) is 4. The van der Waals surface area contributed by atoms with Gasteiger partial charge in [0.05, 0.1) is 12.2 Å². The van der Waals surface area contributed by atoms with Crippen molar-refractivity contribution in [3.8, 4) is 0 Å². The van der Waals surface area contributed by atoms with E-state index < -0.39 is 0 Å². The standard InChI is InChI=1S/C32H40N2O2/c35-31(27-7-3-1-4-8-27)29-15-19-33(20-16-29)23-25-11-13-26(14-12-25)24-34-21-17-30(18-22-34)32(36)28-9-5-2-6-10-28/h1-14,29-32,35-36H,15-24H2. The molecule has 0 bridgehead atoms. The molecule has 3 aromatic rings. The van der Waals surface area contributed by atoms with Gasteiger partial charge in [-0.3, -0.25) is 9.80 Å². The molecule has 36 heavy (non-hydrogen) atoms. The Morgan fingerprint density at radius 3 is 1.19 bits per heavy atom. The van der Waals surface area contributed by atoms with Crippen molar-refractivity contribution in [2.75, 3.05) is 26.2 Å². The van der Waals surface area contributed by atoms with E-state index in [9.17, 15) is 10.2 Å². The van der Waals surface area contributed by atoms with Crippen molar-refractivity contribution in [3.05, 3.63) is 107 Å². The van der Waals surface area contributed by atoms with Gasteiger partial charge in [-0.05, 0) is 86.0 Å². The van der Waals surface area contributed by atoms with Crippen LogP contribution < -0.4 is 0 Å². The van der Waals surface area contributed by atoms with E-state index in [4.69, 9.17) is 0 Å². The fourth-order valence-corrected chi connectivity index (χ4v) is 5.96. The molecule has 2 N–H and O–H groups in total. The number of nitrogens with zero attached hydrogens (tertiary/aromatic N) is 2. The molecule has 0 spiro atoms. The van der Waals surface area contributed by atoms with E-state index >= 15 is 0 Å². The normalized spacial score (nSPS) is 20.3. The van der Waals surface area contributed by atoms with E-state index in [1.165, 1.54) is 11.1 Å². The Kier molecular flexibility index (Phi) is 8.50. The van der Waals surface area contributed by atoms with E-state index in [0.717, 1.165) is 76.1 Å². The average Bonchev–Trinajstić information content (AvgIpc) is 2.95. The monoisotopic (exact) mass is 484 g/mol. The van der Waals surface area contributed by atoms with Crippen LogP contribution in [-0.2, 0) is 13.1 Å². The molecule has 0 aliphatic carbocycles. The maximum atomic E-state index is 10.7. The van der Waals surface area contributed by atoms with Crippen LogP contribution in [0, 0.1) is 11.8 Å². The molecular weight excluding hydrogens is 444 g/mol. The number of piperidine rings is 2. The van der Waals surface area contributed by atoms with Gasteiger partial charge in [-0.2, -0.15) is 0 Å². The van der Waals surface area contributed by atoms with Crippen LogP contribution in [0.1, 0.15) is 60.1 Å². The molecule has 4 heteroatoms. The highest BCUT2D eigenvalue weighted by Gasteiger charge is 2.27. The van der Waals surface area contributed by atoms with Crippen molar-refractivity contribution in [2.45, 2.75) is 51.0 Å². The van der Waals surface area contributed by atoms with E-state index in [2.05, 4.69) is 34.1 Å². The van der Waals surface area contributed by atoms with Gasteiger partial charge in [0.2, 0.25) is 0 Å². The van der Waals surface area contributed by atoms with Crippen LogP contribution >= 0.6 is 0 Å². The zero-order chi connectivity index (χ0) is 24.7. The summed E-state index contributed by atoms with van der Waals surface area (Å²) in [4.78, 5) is 5.04. The third-order valence-electron chi connectivity index (χ3n) is 8.28. The Balaban J connectivity index is 1.05. The van der Waals surface area contributed by atoms with Gasteiger partial charge in [-0.1, -0.05) is 84.9 Å². The lowest BCUT2D eigenvalue weighted by molar-refractivity contribution is 0.0564. The molecule has 2 heterocycles. The SMILES string of the molecule is OC(c1ccccc1)C1CCN(Cc2ccc(CN3CCC(C(O)c4ccccc4)CC3)cc2)CC1. The highest BCUT2D eigenvalue weighted by molar-refractivity contribution is 5.23. The van der Waals surface area contributed by atoms with Crippen LogP contribution in [0.5, 0.6) is 0 Å². The van der Waals surface area contributed by atoms with E-state index in [0.29, 0.717) is 11.8 Å². The van der Waals surface area contributed by atoms with Gasteiger partial charge in [0, 0.05) is 13.1 Å².